The number of rotatable bonds is 3. The smallest absolute Gasteiger partial charge is 0.332 e. The van der Waals surface area contributed by atoms with Gasteiger partial charge in [-0.05, 0) is 17.7 Å². The van der Waals surface area contributed by atoms with E-state index >= 15 is 0 Å². The second-order valence-electron chi connectivity index (χ2n) is 4.52. The van der Waals surface area contributed by atoms with Crippen molar-refractivity contribution in [1.82, 2.24) is 0 Å². The van der Waals surface area contributed by atoms with Crippen LogP contribution in [0, 0.1) is 0 Å². The SMILES string of the molecule is O=C(O)C1(Cl)C=CC=C(c2cccc(Cl)c2Cl)C1(Cl)C(=O)O. The molecule has 0 amide bonds. The van der Waals surface area contributed by atoms with Crippen molar-refractivity contribution in [3.8, 4) is 0 Å². The van der Waals surface area contributed by atoms with Crippen LogP contribution in [-0.4, -0.2) is 31.9 Å². The number of aliphatic carboxylic acids is 2. The molecule has 0 saturated carbocycles. The van der Waals surface area contributed by atoms with Gasteiger partial charge in [0.2, 0.25) is 0 Å². The average molecular weight is 382 g/mol. The minimum Gasteiger partial charge on any atom is -0.480 e. The summed E-state index contributed by atoms with van der Waals surface area (Å²) in [4.78, 5) is 18.4. The lowest BCUT2D eigenvalue weighted by molar-refractivity contribution is -0.146. The molecule has 22 heavy (non-hydrogen) atoms. The molecule has 0 spiro atoms. The molecule has 4 nitrogen and oxygen atoms in total. The maximum atomic E-state index is 11.7. The molecule has 2 unspecified atom stereocenters. The zero-order valence-corrected chi connectivity index (χ0v) is 13.7. The maximum Gasteiger partial charge on any atom is 0.332 e. The van der Waals surface area contributed by atoms with Crippen LogP contribution in [-0.2, 0) is 9.59 Å². The molecule has 2 rings (SSSR count). The van der Waals surface area contributed by atoms with E-state index in [2.05, 4.69) is 0 Å². The van der Waals surface area contributed by atoms with Gasteiger partial charge in [0.1, 0.15) is 0 Å². The highest BCUT2D eigenvalue weighted by molar-refractivity contribution is 6.54. The van der Waals surface area contributed by atoms with E-state index in [9.17, 15) is 19.8 Å². The first kappa shape index (κ1) is 17.2. The first-order valence-corrected chi connectivity index (χ1v) is 7.36. The Morgan fingerprint density at radius 2 is 1.68 bits per heavy atom. The lowest BCUT2D eigenvalue weighted by Gasteiger charge is -2.38. The predicted molar refractivity (Wildman–Crippen MR) is 86.0 cm³/mol. The van der Waals surface area contributed by atoms with Crippen molar-refractivity contribution in [1.29, 1.82) is 0 Å². The highest BCUT2D eigenvalue weighted by Crippen LogP contribution is 2.50. The standard InChI is InChI=1S/C14H8Cl4O4/c15-9-5-1-3-7(10(9)16)8-4-2-6-13(17,11(19)20)14(8,18)12(21)22/h1-6H,(H,19,20)(H,21,22). The first-order chi connectivity index (χ1) is 10.2. The summed E-state index contributed by atoms with van der Waals surface area (Å²) >= 11 is 24.3. The molecule has 0 bridgehead atoms. The summed E-state index contributed by atoms with van der Waals surface area (Å²) in [6, 6.07) is 4.53. The summed E-state index contributed by atoms with van der Waals surface area (Å²) in [5.41, 5.74) is 0.135. The lowest BCUT2D eigenvalue weighted by atomic mass is 9.77. The summed E-state index contributed by atoms with van der Waals surface area (Å²) in [5, 5.41) is 19.1. The highest BCUT2D eigenvalue weighted by atomic mass is 35.5. The van der Waals surface area contributed by atoms with E-state index in [4.69, 9.17) is 46.4 Å². The summed E-state index contributed by atoms with van der Waals surface area (Å²) in [6.07, 6.45) is 3.68. The predicted octanol–water partition coefficient (Wildman–Crippen LogP) is 4.07. The summed E-state index contributed by atoms with van der Waals surface area (Å²) in [5.74, 6) is -3.20. The molecule has 1 aromatic carbocycles. The number of hydrogen-bond donors (Lipinski definition) is 2. The van der Waals surface area contributed by atoms with Gasteiger partial charge in [0.05, 0.1) is 10.0 Å². The van der Waals surface area contributed by atoms with Crippen molar-refractivity contribution in [2.75, 3.05) is 0 Å². The molecule has 0 fully saturated rings. The fourth-order valence-electron chi connectivity index (χ4n) is 2.18. The molecule has 1 aliphatic rings. The van der Waals surface area contributed by atoms with Crippen LogP contribution in [0.3, 0.4) is 0 Å². The first-order valence-electron chi connectivity index (χ1n) is 5.85. The van der Waals surface area contributed by atoms with Gasteiger partial charge in [0, 0.05) is 5.56 Å². The van der Waals surface area contributed by atoms with Gasteiger partial charge < -0.3 is 10.2 Å². The quantitative estimate of drug-likeness (QED) is 0.774. The van der Waals surface area contributed by atoms with E-state index < -0.39 is 21.7 Å². The number of allylic oxidation sites excluding steroid dienone is 2. The van der Waals surface area contributed by atoms with Crippen molar-refractivity contribution in [3.05, 3.63) is 52.0 Å². The molecule has 0 saturated heterocycles. The Kier molecular flexibility index (Phi) is 4.51. The molecule has 0 aromatic heterocycles. The van der Waals surface area contributed by atoms with Crippen molar-refractivity contribution in [2.45, 2.75) is 9.75 Å². The van der Waals surface area contributed by atoms with E-state index in [1.807, 2.05) is 0 Å². The molecule has 2 N–H and O–H groups in total. The van der Waals surface area contributed by atoms with Crippen LogP contribution in [0.5, 0.6) is 0 Å². The zero-order chi connectivity index (χ0) is 16.7. The molecular weight excluding hydrogens is 374 g/mol. The van der Waals surface area contributed by atoms with Crippen LogP contribution >= 0.6 is 46.4 Å². The number of halogens is 4. The average Bonchev–Trinajstić information content (AvgIpc) is 2.45. The van der Waals surface area contributed by atoms with Crippen LogP contribution in [0.2, 0.25) is 10.0 Å². The topological polar surface area (TPSA) is 74.6 Å². The Labute approximate surface area is 145 Å². The Hall–Kier alpha value is -1.20. The maximum absolute atomic E-state index is 11.7. The molecule has 0 aliphatic heterocycles. The largest absolute Gasteiger partial charge is 0.480 e. The second kappa shape index (κ2) is 5.78. The summed E-state index contributed by atoms with van der Waals surface area (Å²) < 4.78 is 0. The van der Waals surface area contributed by atoms with Crippen LogP contribution in [0.15, 0.2) is 36.4 Å². The number of carboxylic acids is 2. The van der Waals surface area contributed by atoms with Crippen molar-refractivity contribution in [2.24, 2.45) is 0 Å². The normalized spacial score (nSPS) is 27.4. The monoisotopic (exact) mass is 380 g/mol. The fourth-order valence-corrected chi connectivity index (χ4v) is 3.15. The van der Waals surface area contributed by atoms with Gasteiger partial charge in [-0.1, -0.05) is 70.7 Å². The van der Waals surface area contributed by atoms with Crippen LogP contribution < -0.4 is 0 Å². The highest BCUT2D eigenvalue weighted by Gasteiger charge is 2.62. The van der Waals surface area contributed by atoms with E-state index in [-0.39, 0.29) is 21.2 Å². The number of alkyl halides is 2. The van der Waals surface area contributed by atoms with Crippen LogP contribution in [0.1, 0.15) is 5.56 Å². The van der Waals surface area contributed by atoms with E-state index in [1.54, 1.807) is 6.07 Å². The van der Waals surface area contributed by atoms with Crippen molar-refractivity contribution in [3.63, 3.8) is 0 Å². The molecule has 116 valence electrons. The van der Waals surface area contributed by atoms with Crippen molar-refractivity contribution >= 4 is 63.9 Å². The van der Waals surface area contributed by atoms with Gasteiger partial charge in [-0.3, -0.25) is 0 Å². The van der Waals surface area contributed by atoms with Gasteiger partial charge in [-0.15, -0.1) is 0 Å². The second-order valence-corrected chi connectivity index (χ2v) is 6.47. The third-order valence-corrected chi connectivity index (χ3v) is 5.46. The third-order valence-electron chi connectivity index (χ3n) is 3.31. The molecule has 2 atom stereocenters. The summed E-state index contributed by atoms with van der Waals surface area (Å²) in [6.45, 7) is 0. The van der Waals surface area contributed by atoms with Gasteiger partial charge in [0.15, 0.2) is 9.75 Å². The van der Waals surface area contributed by atoms with E-state index in [1.165, 1.54) is 24.3 Å². The van der Waals surface area contributed by atoms with E-state index in [0.717, 1.165) is 6.08 Å². The number of benzene rings is 1. The van der Waals surface area contributed by atoms with Gasteiger partial charge in [-0.2, -0.15) is 0 Å². The Morgan fingerprint density at radius 3 is 2.23 bits per heavy atom. The molecule has 0 heterocycles. The van der Waals surface area contributed by atoms with Crippen LogP contribution in [0.4, 0.5) is 0 Å². The third kappa shape index (κ3) is 2.31. The van der Waals surface area contributed by atoms with Gasteiger partial charge in [-0.25, -0.2) is 9.59 Å². The van der Waals surface area contributed by atoms with Crippen molar-refractivity contribution < 1.29 is 19.8 Å². The molecule has 0 radical (unpaired) electrons. The Morgan fingerprint density at radius 1 is 1.05 bits per heavy atom. The van der Waals surface area contributed by atoms with Gasteiger partial charge >= 0.3 is 11.9 Å². The fraction of sp³-hybridized carbons (Fsp3) is 0.143. The van der Waals surface area contributed by atoms with Crippen LogP contribution in [0.25, 0.3) is 5.57 Å². The van der Waals surface area contributed by atoms with Gasteiger partial charge in [0.25, 0.3) is 0 Å². The Bertz CT molecular complexity index is 728. The molecule has 1 aliphatic carbocycles. The lowest BCUT2D eigenvalue weighted by Crippen LogP contribution is -2.57. The molecule has 8 heteroatoms. The minimum absolute atomic E-state index is 0.0568. The molecule has 1 aromatic rings. The zero-order valence-electron chi connectivity index (χ0n) is 10.7. The summed E-state index contributed by atoms with van der Waals surface area (Å²) in [7, 11) is 0. The van der Waals surface area contributed by atoms with E-state index in [0.29, 0.717) is 0 Å². The minimum atomic E-state index is -2.45. The number of carboxylic acid groups (broad SMARTS) is 2. The number of carbonyl (C=O) groups is 2. The number of hydrogen-bond acceptors (Lipinski definition) is 2. The Balaban J connectivity index is 2.77. The molecular formula is C14H8Cl4O4.